The largest absolute Gasteiger partial charge is 0.488 e. The molecule has 0 saturated carbocycles. The van der Waals surface area contributed by atoms with Gasteiger partial charge in [0.25, 0.3) is 11.8 Å². The second kappa shape index (κ2) is 18.3. The lowest BCUT2D eigenvalue weighted by atomic mass is 9.81. The number of primary amides is 2. The van der Waals surface area contributed by atoms with E-state index < -0.39 is 18.9 Å². The molecule has 0 unspecified atom stereocenters. The number of carbonyl (C=O) groups is 2. The van der Waals surface area contributed by atoms with E-state index >= 15 is 0 Å². The molecule has 12 nitrogen and oxygen atoms in total. The molecule has 0 atom stereocenters. The number of hydrogen-bond acceptors (Lipinski definition) is 8. The van der Waals surface area contributed by atoms with Crippen LogP contribution in [0.2, 0.25) is 0 Å². The molecular weight excluding hydrogens is 723 g/mol. The summed E-state index contributed by atoms with van der Waals surface area (Å²) >= 11 is 3.07. The molecule has 2 aromatic heterocycles. The molecule has 2 heterocycles. The molecule has 264 valence electrons. The Kier molecular flexibility index (Phi) is 13.7. The van der Waals surface area contributed by atoms with Crippen LogP contribution in [0.4, 0.5) is 0 Å². The molecule has 6 rings (SSSR count). The van der Waals surface area contributed by atoms with Crippen molar-refractivity contribution in [3.63, 3.8) is 0 Å². The van der Waals surface area contributed by atoms with Crippen molar-refractivity contribution >= 4 is 58.3 Å². The molecule has 0 aliphatic carbocycles. The first kappa shape index (κ1) is 38.8. The third kappa shape index (κ3) is 11.6. The van der Waals surface area contributed by atoms with E-state index in [2.05, 4.69) is 48.2 Å². The van der Waals surface area contributed by atoms with Crippen molar-refractivity contribution in [3.05, 3.63) is 142 Å². The molecule has 14 heteroatoms. The van der Waals surface area contributed by atoms with Gasteiger partial charge in [-0.05, 0) is 78.9 Å². The fourth-order valence-electron chi connectivity index (χ4n) is 4.98. The Morgan fingerprint density at radius 2 is 1.08 bits per heavy atom. The van der Waals surface area contributed by atoms with Gasteiger partial charge in [-0.2, -0.15) is 0 Å². The van der Waals surface area contributed by atoms with Gasteiger partial charge in [-0.3, -0.25) is 9.59 Å². The fraction of sp³-hybridized carbons (Fsp3) is 0.105. The summed E-state index contributed by atoms with van der Waals surface area (Å²) in [5.74, 6) is 0.149. The number of benzene rings is 4. The summed E-state index contributed by atoms with van der Waals surface area (Å²) in [4.78, 5) is 31.2. The molecule has 0 spiro atoms. The maximum absolute atomic E-state index is 11.8. The second-order valence-corrected chi connectivity index (χ2v) is 12.6. The highest BCUT2D eigenvalue weighted by atomic mass is 79.9. The van der Waals surface area contributed by atoms with Crippen molar-refractivity contribution < 1.29 is 19.6 Å². The van der Waals surface area contributed by atoms with Gasteiger partial charge >= 0.3 is 7.12 Å². The minimum atomic E-state index is -1.34. The predicted octanol–water partition coefficient (Wildman–Crippen LogP) is 4.65. The fourth-order valence-corrected chi connectivity index (χ4v) is 5.19. The smallest absolute Gasteiger partial charge is 0.423 e. The van der Waals surface area contributed by atoms with Crippen molar-refractivity contribution in [2.24, 2.45) is 11.5 Å². The first-order valence-corrected chi connectivity index (χ1v) is 16.7. The first-order valence-electron chi connectivity index (χ1n) is 15.9. The molecule has 0 aliphatic rings. The Morgan fingerprint density at radius 1 is 0.654 bits per heavy atom. The summed E-state index contributed by atoms with van der Waals surface area (Å²) in [5, 5.41) is 25.9. The summed E-state index contributed by atoms with van der Waals surface area (Å²) in [6, 6.07) is 30.2. The van der Waals surface area contributed by atoms with Gasteiger partial charge in [0.05, 0.1) is 11.8 Å². The van der Waals surface area contributed by atoms with Crippen LogP contribution in [0.15, 0.2) is 114 Å². The van der Waals surface area contributed by atoms with Gasteiger partial charge in [0, 0.05) is 17.3 Å². The quantitative estimate of drug-likeness (QED) is 0.127. The number of aromatic nitrogens is 6. The Morgan fingerprint density at radius 3 is 1.46 bits per heavy atom. The normalized spacial score (nSPS) is 11.1. The molecule has 0 radical (unpaired) electrons. The van der Waals surface area contributed by atoms with Crippen LogP contribution in [-0.4, -0.2) is 58.5 Å². The Hall–Kier alpha value is -5.96. The van der Waals surface area contributed by atoms with Gasteiger partial charge in [-0.1, -0.05) is 95.1 Å². The van der Waals surface area contributed by atoms with E-state index in [-0.39, 0.29) is 4.48 Å². The zero-order valence-electron chi connectivity index (χ0n) is 29.1. The first-order chi connectivity index (χ1) is 24.8. The molecule has 6 N–H and O–H groups in total. The predicted molar refractivity (Wildman–Crippen MR) is 208 cm³/mol. The van der Waals surface area contributed by atoms with E-state index in [1.807, 2.05) is 88.4 Å². The van der Waals surface area contributed by atoms with Crippen LogP contribution in [0, 0.1) is 27.7 Å². The van der Waals surface area contributed by atoms with Gasteiger partial charge in [0.2, 0.25) is 0 Å². The highest BCUT2D eigenvalue weighted by Crippen LogP contribution is 2.21. The Bertz CT molecular complexity index is 2160. The van der Waals surface area contributed by atoms with Gasteiger partial charge in [-0.15, -0.1) is 10.2 Å². The number of aryl methyl sites for hydroxylation is 4. The van der Waals surface area contributed by atoms with Crippen LogP contribution in [-0.2, 0) is 9.59 Å². The highest BCUT2D eigenvalue weighted by Gasteiger charge is 2.11. The standard InChI is InChI=1S/C19H18N4O.C13H13BrN4O.C6H7BO2/c1-13-8-14(2)10-16(9-13)19-21-12-23(22-19)11-17(18(20)24)15-6-4-3-5-7-15;1-8-3-9(2)5-10(4-8)13-16-7-18(17-13)6-11(14)12(15)19;8-7(9)6-4-2-1-3-5-6/h3-12H,1-2H3,(H2,20,24);3-7H,1-2H3,(H2,15,19);1-5,8-9H/b17-11+;11-6-;. The Balaban J connectivity index is 0.000000192. The lowest BCUT2D eigenvalue weighted by molar-refractivity contribution is -0.114. The molecule has 6 aromatic rings. The number of nitrogens with zero attached hydrogens (tertiary/aromatic N) is 6. The van der Waals surface area contributed by atoms with E-state index in [0.29, 0.717) is 22.7 Å². The van der Waals surface area contributed by atoms with Gasteiger partial charge in [0.15, 0.2) is 11.6 Å². The maximum Gasteiger partial charge on any atom is 0.488 e. The molecular formula is C38H38BBrN8O4. The van der Waals surface area contributed by atoms with Gasteiger partial charge in [0.1, 0.15) is 17.1 Å². The molecule has 4 aromatic carbocycles. The minimum Gasteiger partial charge on any atom is -0.423 e. The average molecular weight is 761 g/mol. The van der Waals surface area contributed by atoms with Crippen LogP contribution in [0.25, 0.3) is 40.7 Å². The van der Waals surface area contributed by atoms with Crippen molar-refractivity contribution in [3.8, 4) is 22.8 Å². The summed E-state index contributed by atoms with van der Waals surface area (Å²) in [7, 11) is -1.34. The third-order valence-electron chi connectivity index (χ3n) is 7.17. The monoisotopic (exact) mass is 760 g/mol. The third-order valence-corrected chi connectivity index (χ3v) is 7.76. The van der Waals surface area contributed by atoms with Crippen LogP contribution < -0.4 is 16.9 Å². The molecule has 0 saturated heterocycles. The van der Waals surface area contributed by atoms with Crippen LogP contribution in [0.5, 0.6) is 0 Å². The van der Waals surface area contributed by atoms with E-state index in [4.69, 9.17) is 21.5 Å². The molecule has 52 heavy (non-hydrogen) atoms. The lowest BCUT2D eigenvalue weighted by Crippen LogP contribution is -2.29. The lowest BCUT2D eigenvalue weighted by Gasteiger charge is -2.03. The van der Waals surface area contributed by atoms with E-state index in [0.717, 1.165) is 38.9 Å². The van der Waals surface area contributed by atoms with Crippen molar-refractivity contribution in [1.82, 2.24) is 29.5 Å². The van der Waals surface area contributed by atoms with Crippen LogP contribution in [0.1, 0.15) is 27.8 Å². The molecule has 0 aliphatic heterocycles. The molecule has 2 amide bonds. The summed E-state index contributed by atoms with van der Waals surface area (Å²) in [6.07, 6.45) is 6.16. The summed E-state index contributed by atoms with van der Waals surface area (Å²) < 4.78 is 3.20. The maximum atomic E-state index is 11.8. The number of nitrogens with two attached hydrogens (primary N) is 2. The Labute approximate surface area is 310 Å². The van der Waals surface area contributed by atoms with E-state index in [1.54, 1.807) is 36.8 Å². The number of amides is 2. The van der Waals surface area contributed by atoms with Crippen molar-refractivity contribution in [1.29, 1.82) is 0 Å². The number of hydrogen-bond donors (Lipinski definition) is 4. The molecule has 0 bridgehead atoms. The van der Waals surface area contributed by atoms with Crippen LogP contribution >= 0.6 is 15.9 Å². The second-order valence-electron chi connectivity index (χ2n) is 11.7. The summed E-state index contributed by atoms with van der Waals surface area (Å²) in [6.45, 7) is 8.12. The zero-order valence-corrected chi connectivity index (χ0v) is 30.6. The zero-order chi connectivity index (χ0) is 37.8. The van der Waals surface area contributed by atoms with Crippen LogP contribution in [0.3, 0.4) is 0 Å². The highest BCUT2D eigenvalue weighted by molar-refractivity contribution is 9.12. The van der Waals surface area contributed by atoms with Crippen molar-refractivity contribution in [2.45, 2.75) is 27.7 Å². The average Bonchev–Trinajstić information content (AvgIpc) is 3.78. The van der Waals surface area contributed by atoms with Crippen molar-refractivity contribution in [2.75, 3.05) is 0 Å². The van der Waals surface area contributed by atoms with E-state index in [9.17, 15) is 9.59 Å². The van der Waals surface area contributed by atoms with Gasteiger partial charge < -0.3 is 21.5 Å². The van der Waals surface area contributed by atoms with E-state index in [1.165, 1.54) is 21.9 Å². The van der Waals surface area contributed by atoms with Gasteiger partial charge in [-0.25, -0.2) is 19.3 Å². The summed E-state index contributed by atoms with van der Waals surface area (Å²) in [5.41, 5.74) is 18.8. The number of carbonyl (C=O) groups excluding carboxylic acids is 2. The number of halogens is 1. The molecule has 0 fully saturated rings. The topological polar surface area (TPSA) is 188 Å². The minimum absolute atomic E-state index is 0.240. The number of rotatable bonds is 8. The SMILES string of the molecule is Cc1cc(C)cc(-c2ncn(/C=C(/C(N)=O)c3ccccc3)n2)c1.Cc1cc(C)cc(-c2ncn(/C=C(\Br)C(N)=O)n2)c1.OB(O)c1ccccc1.